The highest BCUT2D eigenvalue weighted by molar-refractivity contribution is 5.88. The summed E-state index contributed by atoms with van der Waals surface area (Å²) < 4.78 is 5.73. The molecule has 0 radical (unpaired) electrons. The average Bonchev–Trinajstić information content (AvgIpc) is 2.89. The molecule has 6 heteroatoms. The molecule has 142 valence electrons. The average molecular weight is 360 g/mol. The highest BCUT2D eigenvalue weighted by Gasteiger charge is 2.55. The Morgan fingerprint density at radius 1 is 1.27 bits per heavy atom. The smallest absolute Gasteiger partial charge is 0.309 e. The van der Waals surface area contributed by atoms with E-state index in [2.05, 4.69) is 17.0 Å². The van der Waals surface area contributed by atoms with Gasteiger partial charge in [-0.25, -0.2) is 0 Å². The van der Waals surface area contributed by atoms with E-state index < -0.39 is 17.4 Å². The molecule has 1 amide bonds. The van der Waals surface area contributed by atoms with Gasteiger partial charge in [-0.1, -0.05) is 30.3 Å². The number of rotatable bonds is 7. The third-order valence-electron chi connectivity index (χ3n) is 5.96. The Morgan fingerprint density at radius 2 is 1.96 bits per heavy atom. The molecule has 1 atom stereocenters. The summed E-state index contributed by atoms with van der Waals surface area (Å²) in [7, 11) is 1.76. The predicted molar refractivity (Wildman–Crippen MR) is 97.6 cm³/mol. The van der Waals surface area contributed by atoms with Gasteiger partial charge in [-0.15, -0.1) is 0 Å². The van der Waals surface area contributed by atoms with Gasteiger partial charge < -0.3 is 19.6 Å². The largest absolute Gasteiger partial charge is 0.481 e. The molecule has 0 aromatic heterocycles. The van der Waals surface area contributed by atoms with Crippen molar-refractivity contribution in [3.63, 3.8) is 0 Å². The lowest BCUT2D eigenvalue weighted by atomic mass is 9.77. The summed E-state index contributed by atoms with van der Waals surface area (Å²) in [5.41, 5.74) is 0.685. The van der Waals surface area contributed by atoms with E-state index in [1.165, 1.54) is 5.56 Å². The van der Waals surface area contributed by atoms with E-state index in [4.69, 9.17) is 4.74 Å². The molecule has 3 rings (SSSR count). The summed E-state index contributed by atoms with van der Waals surface area (Å²) in [4.78, 5) is 27.7. The van der Waals surface area contributed by atoms with Gasteiger partial charge in [0.25, 0.3) is 0 Å². The number of likely N-dealkylation sites (tertiary alicyclic amines) is 2. The maximum Gasteiger partial charge on any atom is 0.309 e. The van der Waals surface area contributed by atoms with Crippen LogP contribution >= 0.6 is 0 Å². The maximum atomic E-state index is 12.0. The van der Waals surface area contributed by atoms with Crippen LogP contribution in [0.1, 0.15) is 31.2 Å². The number of carbonyl (C=O) groups is 2. The summed E-state index contributed by atoms with van der Waals surface area (Å²) in [6, 6.07) is 10.1. The van der Waals surface area contributed by atoms with Crippen LogP contribution in [-0.2, 0) is 20.9 Å². The number of hydrogen-bond acceptors (Lipinski definition) is 4. The first-order valence-corrected chi connectivity index (χ1v) is 9.36. The van der Waals surface area contributed by atoms with Crippen LogP contribution in [-0.4, -0.2) is 65.6 Å². The third-order valence-corrected chi connectivity index (χ3v) is 5.96. The molecule has 0 bridgehead atoms. The quantitative estimate of drug-likeness (QED) is 0.753. The first-order valence-electron chi connectivity index (χ1n) is 9.36. The molecule has 0 aliphatic carbocycles. The lowest BCUT2D eigenvalue weighted by Gasteiger charge is -2.45. The van der Waals surface area contributed by atoms with E-state index in [9.17, 15) is 14.7 Å². The van der Waals surface area contributed by atoms with Crippen molar-refractivity contribution < 1.29 is 19.4 Å². The van der Waals surface area contributed by atoms with E-state index >= 15 is 0 Å². The Labute approximate surface area is 154 Å². The second-order valence-electron chi connectivity index (χ2n) is 7.38. The van der Waals surface area contributed by atoms with E-state index in [0.717, 1.165) is 38.9 Å². The van der Waals surface area contributed by atoms with Crippen LogP contribution in [0.4, 0.5) is 0 Å². The molecule has 2 saturated heterocycles. The molecule has 2 heterocycles. The van der Waals surface area contributed by atoms with Crippen LogP contribution in [0.2, 0.25) is 0 Å². The fourth-order valence-electron chi connectivity index (χ4n) is 4.30. The van der Waals surface area contributed by atoms with E-state index in [-0.39, 0.29) is 12.3 Å². The number of carbonyl (C=O) groups excluding carboxylic acids is 1. The van der Waals surface area contributed by atoms with Crippen LogP contribution in [0.15, 0.2) is 30.3 Å². The highest BCUT2D eigenvalue weighted by atomic mass is 16.5. The number of aliphatic carboxylic acids is 1. The fraction of sp³-hybridized carbons (Fsp3) is 0.600. The van der Waals surface area contributed by atoms with Gasteiger partial charge in [0.1, 0.15) is 0 Å². The molecule has 2 aliphatic rings. The molecule has 2 aliphatic heterocycles. The Bertz CT molecular complexity index is 626. The van der Waals surface area contributed by atoms with Crippen molar-refractivity contribution in [3.05, 3.63) is 35.9 Å². The number of amides is 1. The molecule has 0 unspecified atom stereocenters. The van der Waals surface area contributed by atoms with Gasteiger partial charge in [-0.3, -0.25) is 9.59 Å². The van der Waals surface area contributed by atoms with Gasteiger partial charge in [0.2, 0.25) is 5.91 Å². The predicted octanol–water partition coefficient (Wildman–Crippen LogP) is 1.99. The van der Waals surface area contributed by atoms with Crippen molar-refractivity contribution in [3.8, 4) is 0 Å². The molecule has 6 nitrogen and oxygen atoms in total. The Morgan fingerprint density at radius 3 is 2.62 bits per heavy atom. The zero-order valence-corrected chi connectivity index (χ0v) is 15.4. The molecule has 1 N–H and O–H groups in total. The molecule has 26 heavy (non-hydrogen) atoms. The van der Waals surface area contributed by atoms with E-state index in [1.54, 1.807) is 11.9 Å². The van der Waals surface area contributed by atoms with Crippen molar-refractivity contribution in [2.45, 2.75) is 37.8 Å². The minimum Gasteiger partial charge on any atom is -0.481 e. The Kier molecular flexibility index (Phi) is 5.94. The first-order chi connectivity index (χ1) is 12.5. The van der Waals surface area contributed by atoms with Gasteiger partial charge in [-0.05, 0) is 24.8 Å². The van der Waals surface area contributed by atoms with Crippen LogP contribution in [0.3, 0.4) is 0 Å². The summed E-state index contributed by atoms with van der Waals surface area (Å²) in [5.74, 6) is -1.46. The normalized spacial score (nSPS) is 22.9. The Balaban J connectivity index is 1.41. The van der Waals surface area contributed by atoms with E-state index in [0.29, 0.717) is 13.2 Å². The molecular weight excluding hydrogens is 332 g/mol. The topological polar surface area (TPSA) is 70.1 Å². The van der Waals surface area contributed by atoms with Crippen molar-refractivity contribution >= 4 is 11.9 Å². The van der Waals surface area contributed by atoms with Crippen molar-refractivity contribution in [1.29, 1.82) is 0 Å². The summed E-state index contributed by atoms with van der Waals surface area (Å²) >= 11 is 0. The zero-order valence-electron chi connectivity index (χ0n) is 15.4. The van der Waals surface area contributed by atoms with Gasteiger partial charge in [0.15, 0.2) is 0 Å². The summed E-state index contributed by atoms with van der Waals surface area (Å²) in [6.07, 6.45) is 2.56. The minimum absolute atomic E-state index is 0.0415. The van der Waals surface area contributed by atoms with Crippen molar-refractivity contribution in [2.75, 3.05) is 33.3 Å². The van der Waals surface area contributed by atoms with Crippen molar-refractivity contribution in [2.24, 2.45) is 5.92 Å². The van der Waals surface area contributed by atoms with Crippen LogP contribution < -0.4 is 0 Å². The number of piperidine rings is 1. The van der Waals surface area contributed by atoms with Gasteiger partial charge in [-0.2, -0.15) is 0 Å². The third kappa shape index (κ3) is 3.91. The number of hydrogen-bond donors (Lipinski definition) is 1. The monoisotopic (exact) mass is 360 g/mol. The molecule has 1 aromatic carbocycles. The molecule has 0 saturated carbocycles. The molecule has 1 aromatic rings. The summed E-state index contributed by atoms with van der Waals surface area (Å²) in [5, 5.41) is 9.52. The fourth-order valence-corrected chi connectivity index (χ4v) is 4.30. The van der Waals surface area contributed by atoms with Gasteiger partial charge >= 0.3 is 5.97 Å². The molecule has 1 spiro atoms. The maximum absolute atomic E-state index is 12.0. The molecule has 2 fully saturated rings. The van der Waals surface area contributed by atoms with Gasteiger partial charge in [0.05, 0.1) is 18.1 Å². The lowest BCUT2D eigenvalue weighted by molar-refractivity contribution is -0.146. The lowest BCUT2D eigenvalue weighted by Crippen LogP contribution is -2.56. The van der Waals surface area contributed by atoms with Crippen LogP contribution in [0, 0.1) is 5.92 Å². The SMILES string of the molecule is CN1C(=O)C[C@H](C(=O)O)C12CCN(CCCOCc1ccccc1)CC2. The summed E-state index contributed by atoms with van der Waals surface area (Å²) in [6.45, 7) is 3.96. The van der Waals surface area contributed by atoms with Crippen LogP contribution in [0.5, 0.6) is 0 Å². The second-order valence-corrected chi connectivity index (χ2v) is 7.38. The number of ether oxygens (including phenoxy) is 1. The van der Waals surface area contributed by atoms with Crippen molar-refractivity contribution in [1.82, 2.24) is 9.80 Å². The first kappa shape index (κ1) is 18.9. The number of carboxylic acids is 1. The van der Waals surface area contributed by atoms with E-state index in [1.807, 2.05) is 18.2 Å². The minimum atomic E-state index is -0.842. The standard InChI is InChI=1S/C20H28N2O4/c1-21-18(23)14-17(19(24)25)20(21)8-11-22(12-9-20)10-5-13-26-15-16-6-3-2-4-7-16/h2-4,6-7,17H,5,8-15H2,1H3,(H,24,25)/t17-/m1/s1. The highest BCUT2D eigenvalue weighted by Crippen LogP contribution is 2.42. The second kappa shape index (κ2) is 8.18. The molecular formula is C20H28N2O4. The number of nitrogens with zero attached hydrogens (tertiary/aromatic N) is 2. The van der Waals surface area contributed by atoms with Crippen LogP contribution in [0.25, 0.3) is 0 Å². The van der Waals surface area contributed by atoms with Gasteiger partial charge in [0, 0.05) is 39.7 Å². The Hall–Kier alpha value is -1.92. The number of benzene rings is 1. The zero-order chi connectivity index (χ0) is 18.6. The number of carboxylic acid groups (broad SMARTS) is 1.